The van der Waals surface area contributed by atoms with Gasteiger partial charge in [0.25, 0.3) is 0 Å². The third-order valence-electron chi connectivity index (χ3n) is 3.65. The van der Waals surface area contributed by atoms with E-state index in [4.69, 9.17) is 9.47 Å². The number of hydrogen-bond acceptors (Lipinski definition) is 5. The molecule has 1 aromatic carbocycles. The molecule has 5 heteroatoms. The smallest absolute Gasteiger partial charge is 0.237 e. The van der Waals surface area contributed by atoms with E-state index in [2.05, 4.69) is 40.4 Å². The van der Waals surface area contributed by atoms with Crippen molar-refractivity contribution in [3.8, 4) is 5.88 Å². The second-order valence-corrected chi connectivity index (χ2v) is 4.96. The molecule has 0 amide bonds. The maximum atomic E-state index is 5.49. The van der Waals surface area contributed by atoms with E-state index in [1.807, 2.05) is 0 Å². The van der Waals surface area contributed by atoms with Crippen LogP contribution in [0.15, 0.2) is 30.6 Å². The Hall–Kier alpha value is -1.98. The van der Waals surface area contributed by atoms with Crippen molar-refractivity contribution in [3.05, 3.63) is 53.0 Å². The molecule has 1 aromatic heterocycles. The molecule has 1 aliphatic rings. The number of aromatic nitrogens is 2. The number of hydrogen-bond donors (Lipinski definition) is 1. The highest BCUT2D eigenvalue weighted by Crippen LogP contribution is 2.29. The lowest BCUT2D eigenvalue weighted by atomic mass is 9.99. The van der Waals surface area contributed by atoms with Crippen LogP contribution in [0.4, 0.5) is 0 Å². The average molecular weight is 285 g/mol. The Morgan fingerprint density at radius 1 is 1.24 bits per heavy atom. The summed E-state index contributed by atoms with van der Waals surface area (Å²) < 4.78 is 10.8. The van der Waals surface area contributed by atoms with Crippen LogP contribution in [-0.2, 0) is 18.0 Å². The largest absolute Gasteiger partial charge is 0.480 e. The van der Waals surface area contributed by atoms with Gasteiger partial charge in [-0.25, -0.2) is 4.98 Å². The van der Waals surface area contributed by atoms with Crippen LogP contribution >= 0.6 is 0 Å². The molecular weight excluding hydrogens is 266 g/mol. The fraction of sp³-hybridized carbons (Fsp3) is 0.375. The van der Waals surface area contributed by atoms with E-state index in [-0.39, 0.29) is 6.04 Å². The predicted molar refractivity (Wildman–Crippen MR) is 79.0 cm³/mol. The van der Waals surface area contributed by atoms with Crippen molar-refractivity contribution in [2.75, 3.05) is 13.7 Å². The van der Waals surface area contributed by atoms with Crippen molar-refractivity contribution in [2.24, 2.45) is 0 Å². The summed E-state index contributed by atoms with van der Waals surface area (Å²) in [7, 11) is 1.62. The molecule has 21 heavy (non-hydrogen) atoms. The number of ether oxygens (including phenoxy) is 2. The van der Waals surface area contributed by atoms with Gasteiger partial charge in [0.1, 0.15) is 5.69 Å². The zero-order valence-electron chi connectivity index (χ0n) is 12.3. The molecule has 0 radical (unpaired) electrons. The fourth-order valence-corrected chi connectivity index (χ4v) is 2.64. The summed E-state index contributed by atoms with van der Waals surface area (Å²) in [6.45, 7) is 4.29. The van der Waals surface area contributed by atoms with Crippen molar-refractivity contribution in [3.63, 3.8) is 0 Å². The van der Waals surface area contributed by atoms with Gasteiger partial charge in [-0.15, -0.1) is 0 Å². The lowest BCUT2D eigenvalue weighted by Gasteiger charge is -2.20. The van der Waals surface area contributed by atoms with Crippen LogP contribution in [0.25, 0.3) is 0 Å². The Labute approximate surface area is 124 Å². The molecule has 0 saturated carbocycles. The van der Waals surface area contributed by atoms with Crippen LogP contribution < -0.4 is 10.1 Å². The van der Waals surface area contributed by atoms with Gasteiger partial charge in [0.05, 0.1) is 26.4 Å². The molecule has 5 nitrogen and oxygen atoms in total. The Balaban J connectivity index is 2.01. The van der Waals surface area contributed by atoms with Crippen molar-refractivity contribution < 1.29 is 9.47 Å². The van der Waals surface area contributed by atoms with E-state index in [1.54, 1.807) is 19.5 Å². The third kappa shape index (κ3) is 2.75. The zero-order valence-corrected chi connectivity index (χ0v) is 12.3. The van der Waals surface area contributed by atoms with Gasteiger partial charge >= 0.3 is 0 Å². The van der Waals surface area contributed by atoms with Crippen LogP contribution in [0.2, 0.25) is 0 Å². The molecule has 0 aliphatic carbocycles. The molecule has 0 fully saturated rings. The van der Waals surface area contributed by atoms with Gasteiger partial charge in [-0.1, -0.05) is 25.1 Å². The van der Waals surface area contributed by atoms with Gasteiger partial charge in [0, 0.05) is 12.4 Å². The van der Waals surface area contributed by atoms with Crippen LogP contribution in [0.5, 0.6) is 5.88 Å². The highest BCUT2D eigenvalue weighted by Gasteiger charge is 2.21. The van der Waals surface area contributed by atoms with Gasteiger partial charge < -0.3 is 14.8 Å². The minimum Gasteiger partial charge on any atom is -0.480 e. The van der Waals surface area contributed by atoms with E-state index < -0.39 is 0 Å². The van der Waals surface area contributed by atoms with Gasteiger partial charge in [-0.2, -0.15) is 0 Å². The first-order valence-corrected chi connectivity index (χ1v) is 7.11. The predicted octanol–water partition coefficient (Wildman–Crippen LogP) is 2.21. The summed E-state index contributed by atoms with van der Waals surface area (Å²) in [5.41, 5.74) is 4.47. The minimum absolute atomic E-state index is 0.0375. The summed E-state index contributed by atoms with van der Waals surface area (Å²) in [5.74, 6) is 0.556. The number of nitrogens with zero attached hydrogens (tertiary/aromatic N) is 2. The lowest BCUT2D eigenvalue weighted by molar-refractivity contribution is 0.134. The van der Waals surface area contributed by atoms with Crippen molar-refractivity contribution in [1.29, 1.82) is 0 Å². The average Bonchev–Trinajstić information content (AvgIpc) is 3.00. The van der Waals surface area contributed by atoms with E-state index in [0.717, 1.165) is 17.8 Å². The normalized spacial score (nSPS) is 14.8. The molecule has 1 atom stereocenters. The Morgan fingerprint density at radius 3 is 2.86 bits per heavy atom. The fourth-order valence-electron chi connectivity index (χ4n) is 2.64. The second-order valence-electron chi connectivity index (χ2n) is 4.96. The number of nitrogens with one attached hydrogen (secondary N) is 1. The number of methoxy groups -OCH3 is 1. The van der Waals surface area contributed by atoms with Gasteiger partial charge in [0.2, 0.25) is 5.88 Å². The van der Waals surface area contributed by atoms with E-state index >= 15 is 0 Å². The summed E-state index contributed by atoms with van der Waals surface area (Å²) in [4.78, 5) is 8.71. The second kappa shape index (κ2) is 6.20. The SMILES string of the molecule is CCNC(c1ccc2c(c1)COC2)c1nccnc1OC. The molecule has 1 N–H and O–H groups in total. The summed E-state index contributed by atoms with van der Waals surface area (Å²) in [5, 5.41) is 3.46. The maximum absolute atomic E-state index is 5.49. The molecule has 3 rings (SSSR count). The number of benzene rings is 1. The third-order valence-corrected chi connectivity index (χ3v) is 3.65. The Bertz CT molecular complexity index is 631. The summed E-state index contributed by atoms with van der Waals surface area (Å²) in [6.07, 6.45) is 3.33. The first-order valence-electron chi connectivity index (χ1n) is 7.11. The van der Waals surface area contributed by atoms with Crippen LogP contribution in [-0.4, -0.2) is 23.6 Å². The monoisotopic (exact) mass is 285 g/mol. The topological polar surface area (TPSA) is 56.3 Å². The van der Waals surface area contributed by atoms with Crippen molar-refractivity contribution in [2.45, 2.75) is 26.2 Å². The first kappa shape index (κ1) is 14.0. The molecule has 2 aromatic rings. The number of rotatable bonds is 5. The van der Waals surface area contributed by atoms with Crippen LogP contribution in [0, 0.1) is 0 Å². The molecule has 2 heterocycles. The first-order chi connectivity index (χ1) is 10.3. The lowest BCUT2D eigenvalue weighted by Crippen LogP contribution is -2.24. The molecule has 0 bridgehead atoms. The maximum Gasteiger partial charge on any atom is 0.237 e. The summed E-state index contributed by atoms with van der Waals surface area (Å²) in [6, 6.07) is 6.40. The highest BCUT2D eigenvalue weighted by molar-refractivity contribution is 5.39. The Morgan fingerprint density at radius 2 is 2.05 bits per heavy atom. The molecule has 1 aliphatic heterocycles. The number of fused-ring (bicyclic) bond motifs is 1. The van der Waals surface area contributed by atoms with Crippen molar-refractivity contribution in [1.82, 2.24) is 15.3 Å². The van der Waals surface area contributed by atoms with E-state index in [9.17, 15) is 0 Å². The standard InChI is InChI=1S/C16H19N3O2/c1-3-17-14(15-16(20-2)19-7-6-18-15)11-4-5-12-9-21-10-13(12)8-11/h4-8,14,17H,3,9-10H2,1-2H3. The summed E-state index contributed by atoms with van der Waals surface area (Å²) >= 11 is 0. The highest BCUT2D eigenvalue weighted by atomic mass is 16.5. The molecular formula is C16H19N3O2. The van der Waals surface area contributed by atoms with E-state index in [0.29, 0.717) is 19.1 Å². The van der Waals surface area contributed by atoms with E-state index in [1.165, 1.54) is 11.1 Å². The minimum atomic E-state index is -0.0375. The molecule has 0 spiro atoms. The quantitative estimate of drug-likeness (QED) is 0.913. The van der Waals surface area contributed by atoms with Gasteiger partial charge in [-0.3, -0.25) is 4.98 Å². The van der Waals surface area contributed by atoms with Gasteiger partial charge in [-0.05, 0) is 23.2 Å². The Kier molecular flexibility index (Phi) is 4.13. The molecule has 110 valence electrons. The van der Waals surface area contributed by atoms with Crippen molar-refractivity contribution >= 4 is 0 Å². The molecule has 0 saturated heterocycles. The van der Waals surface area contributed by atoms with Crippen LogP contribution in [0.1, 0.15) is 35.3 Å². The van der Waals surface area contributed by atoms with Crippen LogP contribution in [0.3, 0.4) is 0 Å². The van der Waals surface area contributed by atoms with Gasteiger partial charge in [0.15, 0.2) is 0 Å². The zero-order chi connectivity index (χ0) is 14.7. The molecule has 1 unspecified atom stereocenters.